The molecule has 1 N–H and O–H groups in total. The van der Waals surface area contributed by atoms with Gasteiger partial charge in [0, 0.05) is 18.7 Å². The molecule has 4 nitrogen and oxygen atoms in total. The molecule has 5 heteroatoms. The Morgan fingerprint density at radius 1 is 1.47 bits per heavy atom. The van der Waals surface area contributed by atoms with Crippen molar-refractivity contribution in [3.63, 3.8) is 0 Å². The molecule has 2 aromatic heterocycles. The Morgan fingerprint density at radius 2 is 2.33 bits per heavy atom. The molecule has 0 aliphatic carbocycles. The Kier molecular flexibility index (Phi) is 1.92. The van der Waals surface area contributed by atoms with Gasteiger partial charge in [0.05, 0.1) is 0 Å². The van der Waals surface area contributed by atoms with Crippen molar-refractivity contribution in [2.75, 3.05) is 13.1 Å². The van der Waals surface area contributed by atoms with E-state index < -0.39 is 0 Å². The van der Waals surface area contributed by atoms with Gasteiger partial charge in [-0.05, 0) is 25.1 Å². The maximum atomic E-state index is 12.9. The molecule has 0 aromatic carbocycles. The summed E-state index contributed by atoms with van der Waals surface area (Å²) in [5, 5.41) is 11.2. The van der Waals surface area contributed by atoms with Crippen LogP contribution in [0.15, 0.2) is 18.3 Å². The standard InChI is InChI=1S/C10H11FN4/c11-8-1-2-15-9(3-7-5-12-6-7)13-14-10(15)4-8/h1-2,4,7,12H,3,5-6H2. The minimum absolute atomic E-state index is 0.272. The van der Waals surface area contributed by atoms with Gasteiger partial charge in [0.15, 0.2) is 5.65 Å². The molecule has 1 aliphatic heterocycles. The maximum absolute atomic E-state index is 12.9. The maximum Gasteiger partial charge on any atom is 0.163 e. The number of hydrogen-bond acceptors (Lipinski definition) is 3. The van der Waals surface area contributed by atoms with Gasteiger partial charge in [-0.1, -0.05) is 0 Å². The van der Waals surface area contributed by atoms with Gasteiger partial charge < -0.3 is 5.32 Å². The van der Waals surface area contributed by atoms with Crippen molar-refractivity contribution >= 4 is 5.65 Å². The third-order valence-corrected chi connectivity index (χ3v) is 2.78. The lowest BCUT2D eigenvalue weighted by molar-refractivity contribution is 0.340. The Balaban J connectivity index is 1.96. The van der Waals surface area contributed by atoms with Crippen LogP contribution in [0, 0.1) is 11.7 Å². The summed E-state index contributed by atoms with van der Waals surface area (Å²) < 4.78 is 14.7. The SMILES string of the molecule is Fc1ccn2c(CC3CNC3)nnc2c1. The molecule has 0 atom stereocenters. The van der Waals surface area contributed by atoms with Crippen LogP contribution in [0.2, 0.25) is 0 Å². The van der Waals surface area contributed by atoms with Crippen LogP contribution in [0.4, 0.5) is 4.39 Å². The zero-order valence-corrected chi connectivity index (χ0v) is 8.15. The summed E-state index contributed by atoms with van der Waals surface area (Å²) in [6.45, 7) is 2.08. The van der Waals surface area contributed by atoms with Gasteiger partial charge >= 0.3 is 0 Å². The lowest BCUT2D eigenvalue weighted by Crippen LogP contribution is -2.43. The first-order valence-corrected chi connectivity index (χ1v) is 5.03. The number of aromatic nitrogens is 3. The topological polar surface area (TPSA) is 42.2 Å². The highest BCUT2D eigenvalue weighted by Crippen LogP contribution is 2.12. The monoisotopic (exact) mass is 206 g/mol. The smallest absolute Gasteiger partial charge is 0.163 e. The fourth-order valence-electron chi connectivity index (χ4n) is 1.81. The number of halogens is 1. The van der Waals surface area contributed by atoms with Crippen molar-refractivity contribution in [3.05, 3.63) is 30.0 Å². The van der Waals surface area contributed by atoms with Crippen molar-refractivity contribution in [2.24, 2.45) is 5.92 Å². The lowest BCUT2D eigenvalue weighted by Gasteiger charge is -2.26. The second-order valence-electron chi connectivity index (χ2n) is 3.92. The van der Waals surface area contributed by atoms with E-state index in [0.29, 0.717) is 11.6 Å². The molecule has 0 spiro atoms. The molecule has 1 aliphatic rings. The predicted octanol–water partition coefficient (Wildman–Crippen LogP) is 0.630. The van der Waals surface area contributed by atoms with E-state index in [1.165, 1.54) is 12.1 Å². The van der Waals surface area contributed by atoms with Crippen molar-refractivity contribution in [3.8, 4) is 0 Å². The van der Waals surface area contributed by atoms with Gasteiger partial charge in [0.25, 0.3) is 0 Å². The van der Waals surface area contributed by atoms with E-state index in [1.807, 2.05) is 4.40 Å². The first-order chi connectivity index (χ1) is 7.33. The zero-order chi connectivity index (χ0) is 10.3. The molecule has 3 heterocycles. The van der Waals surface area contributed by atoms with Gasteiger partial charge in [-0.15, -0.1) is 10.2 Å². The van der Waals surface area contributed by atoms with Crippen LogP contribution >= 0.6 is 0 Å². The highest BCUT2D eigenvalue weighted by molar-refractivity contribution is 5.37. The average molecular weight is 206 g/mol. The molecular formula is C10H11FN4. The molecular weight excluding hydrogens is 195 g/mol. The number of nitrogens with one attached hydrogen (secondary N) is 1. The third kappa shape index (κ3) is 1.48. The van der Waals surface area contributed by atoms with Crippen LogP contribution in [-0.2, 0) is 6.42 Å². The Hall–Kier alpha value is -1.49. The molecule has 0 saturated carbocycles. The fraction of sp³-hybridized carbons (Fsp3) is 0.400. The Morgan fingerprint density at radius 3 is 3.07 bits per heavy atom. The summed E-state index contributed by atoms with van der Waals surface area (Å²) in [5.74, 6) is 1.28. The second-order valence-corrected chi connectivity index (χ2v) is 3.92. The summed E-state index contributed by atoms with van der Waals surface area (Å²) in [5.41, 5.74) is 0.581. The van der Waals surface area contributed by atoms with Crippen LogP contribution in [-0.4, -0.2) is 27.7 Å². The summed E-state index contributed by atoms with van der Waals surface area (Å²) in [4.78, 5) is 0. The number of nitrogens with zero attached hydrogens (tertiary/aromatic N) is 3. The van der Waals surface area contributed by atoms with E-state index in [-0.39, 0.29) is 5.82 Å². The van der Waals surface area contributed by atoms with Crippen molar-refractivity contribution in [2.45, 2.75) is 6.42 Å². The Labute approximate surface area is 86.1 Å². The van der Waals surface area contributed by atoms with Gasteiger partial charge in [-0.2, -0.15) is 0 Å². The molecule has 1 saturated heterocycles. The van der Waals surface area contributed by atoms with Crippen LogP contribution in [0.25, 0.3) is 5.65 Å². The molecule has 0 unspecified atom stereocenters. The quantitative estimate of drug-likeness (QED) is 0.783. The van der Waals surface area contributed by atoms with Crippen LogP contribution in [0.3, 0.4) is 0 Å². The molecule has 0 amide bonds. The average Bonchev–Trinajstić information content (AvgIpc) is 2.54. The van der Waals surface area contributed by atoms with E-state index in [1.54, 1.807) is 6.20 Å². The highest BCUT2D eigenvalue weighted by Gasteiger charge is 2.19. The Bertz CT molecular complexity index is 489. The van der Waals surface area contributed by atoms with Gasteiger partial charge in [0.2, 0.25) is 0 Å². The third-order valence-electron chi connectivity index (χ3n) is 2.78. The fourth-order valence-corrected chi connectivity index (χ4v) is 1.81. The largest absolute Gasteiger partial charge is 0.316 e. The van der Waals surface area contributed by atoms with Crippen LogP contribution in [0.5, 0.6) is 0 Å². The van der Waals surface area contributed by atoms with Crippen LogP contribution < -0.4 is 5.32 Å². The summed E-state index contributed by atoms with van der Waals surface area (Å²) in [7, 11) is 0. The first kappa shape index (κ1) is 8.79. The van der Waals surface area contributed by atoms with E-state index in [9.17, 15) is 4.39 Å². The minimum Gasteiger partial charge on any atom is -0.316 e. The molecule has 1 fully saturated rings. The van der Waals surface area contributed by atoms with E-state index in [4.69, 9.17) is 0 Å². The van der Waals surface area contributed by atoms with E-state index >= 15 is 0 Å². The van der Waals surface area contributed by atoms with Gasteiger partial charge in [-0.25, -0.2) is 4.39 Å². The summed E-state index contributed by atoms with van der Waals surface area (Å²) in [6, 6.07) is 2.83. The molecule has 2 aromatic rings. The predicted molar refractivity (Wildman–Crippen MR) is 53.0 cm³/mol. The number of rotatable bonds is 2. The van der Waals surface area contributed by atoms with Gasteiger partial charge in [-0.3, -0.25) is 4.40 Å². The van der Waals surface area contributed by atoms with Crippen LogP contribution in [0.1, 0.15) is 5.82 Å². The number of fused-ring (bicyclic) bond motifs is 1. The lowest BCUT2D eigenvalue weighted by atomic mass is 9.99. The van der Waals surface area contributed by atoms with Crippen molar-refractivity contribution < 1.29 is 4.39 Å². The second kappa shape index (κ2) is 3.27. The minimum atomic E-state index is -0.272. The molecule has 0 bridgehead atoms. The van der Waals surface area contributed by atoms with Gasteiger partial charge in [0.1, 0.15) is 11.6 Å². The first-order valence-electron chi connectivity index (χ1n) is 5.03. The zero-order valence-electron chi connectivity index (χ0n) is 8.15. The molecule has 78 valence electrons. The number of pyridine rings is 1. The summed E-state index contributed by atoms with van der Waals surface area (Å²) >= 11 is 0. The van der Waals surface area contributed by atoms with E-state index in [0.717, 1.165) is 25.3 Å². The van der Waals surface area contributed by atoms with E-state index in [2.05, 4.69) is 15.5 Å². The number of hydrogen-bond donors (Lipinski definition) is 1. The van der Waals surface area contributed by atoms with Crippen molar-refractivity contribution in [1.29, 1.82) is 0 Å². The van der Waals surface area contributed by atoms with Crippen molar-refractivity contribution in [1.82, 2.24) is 19.9 Å². The molecule has 15 heavy (non-hydrogen) atoms. The normalized spacial score (nSPS) is 16.9. The molecule has 3 rings (SSSR count). The molecule has 0 radical (unpaired) electrons. The highest BCUT2D eigenvalue weighted by atomic mass is 19.1. The summed E-state index contributed by atoms with van der Waals surface area (Å²) in [6.07, 6.45) is 2.59.